The molecular weight excluding hydrogens is 427 g/mol. The number of aliphatic hydroxyl groups is 1. The van der Waals surface area contributed by atoms with Gasteiger partial charge in [-0.3, -0.25) is 0 Å². The molecule has 0 amide bonds. The first-order valence-corrected chi connectivity index (χ1v) is 8.96. The van der Waals surface area contributed by atoms with Crippen LogP contribution in [0.2, 0.25) is 0 Å². The van der Waals surface area contributed by atoms with Crippen LogP contribution in [0.25, 0.3) is 0 Å². The molecule has 2 heterocycles. The first kappa shape index (κ1) is 20.0. The number of anilines is 1. The molecule has 1 fully saturated rings. The number of piperidine rings is 1. The standard InChI is InChI=1S/C19H28N4O.HI/c1-2-20-19(23-12-8-18(24)9-13-23)21-15-16-6-5-7-17(14-16)22-10-3-4-11-22;/h3-7,14,18,24H,2,8-13,15H2,1H3,(H,20,21);1H. The smallest absolute Gasteiger partial charge is 0.194 e. The summed E-state index contributed by atoms with van der Waals surface area (Å²) in [6, 6.07) is 8.65. The van der Waals surface area contributed by atoms with E-state index in [2.05, 4.69) is 58.5 Å². The molecule has 0 radical (unpaired) electrons. The van der Waals surface area contributed by atoms with Crippen molar-refractivity contribution in [2.24, 2.45) is 4.99 Å². The van der Waals surface area contributed by atoms with Crippen molar-refractivity contribution < 1.29 is 5.11 Å². The molecule has 3 rings (SSSR count). The van der Waals surface area contributed by atoms with Crippen molar-refractivity contribution >= 4 is 35.6 Å². The first-order chi connectivity index (χ1) is 11.8. The molecular formula is C19H29IN4O. The lowest BCUT2D eigenvalue weighted by atomic mass is 10.1. The van der Waals surface area contributed by atoms with Crippen molar-refractivity contribution in [3.63, 3.8) is 0 Å². The number of likely N-dealkylation sites (tertiary alicyclic amines) is 1. The molecule has 0 aromatic heterocycles. The van der Waals surface area contributed by atoms with Gasteiger partial charge in [0.2, 0.25) is 0 Å². The summed E-state index contributed by atoms with van der Waals surface area (Å²) in [6.45, 7) is 7.35. The van der Waals surface area contributed by atoms with E-state index >= 15 is 0 Å². The third-order valence-electron chi connectivity index (χ3n) is 4.60. The number of hydrogen-bond donors (Lipinski definition) is 2. The van der Waals surface area contributed by atoms with Gasteiger partial charge in [0.1, 0.15) is 0 Å². The fraction of sp³-hybridized carbons (Fsp3) is 0.526. The summed E-state index contributed by atoms with van der Waals surface area (Å²) >= 11 is 0. The molecule has 2 N–H and O–H groups in total. The van der Waals surface area contributed by atoms with Crippen LogP contribution in [0.1, 0.15) is 25.3 Å². The van der Waals surface area contributed by atoms with Gasteiger partial charge in [-0.2, -0.15) is 0 Å². The monoisotopic (exact) mass is 456 g/mol. The quantitative estimate of drug-likeness (QED) is 0.317. The topological polar surface area (TPSA) is 51.1 Å². The van der Waals surface area contributed by atoms with Crippen molar-refractivity contribution in [3.8, 4) is 0 Å². The van der Waals surface area contributed by atoms with E-state index in [0.29, 0.717) is 6.54 Å². The van der Waals surface area contributed by atoms with Crippen LogP contribution in [0.3, 0.4) is 0 Å². The molecule has 5 nitrogen and oxygen atoms in total. The molecule has 2 aliphatic rings. The summed E-state index contributed by atoms with van der Waals surface area (Å²) in [6.07, 6.45) is 5.90. The zero-order valence-corrected chi connectivity index (χ0v) is 17.2. The van der Waals surface area contributed by atoms with E-state index in [-0.39, 0.29) is 30.1 Å². The molecule has 0 atom stereocenters. The van der Waals surface area contributed by atoms with Crippen LogP contribution in [-0.2, 0) is 6.54 Å². The van der Waals surface area contributed by atoms with Gasteiger partial charge in [0, 0.05) is 38.4 Å². The number of halogens is 1. The molecule has 25 heavy (non-hydrogen) atoms. The third kappa shape index (κ3) is 5.60. The summed E-state index contributed by atoms with van der Waals surface area (Å²) in [5.74, 6) is 0.956. The first-order valence-electron chi connectivity index (χ1n) is 8.96. The van der Waals surface area contributed by atoms with Crippen molar-refractivity contribution in [2.45, 2.75) is 32.4 Å². The van der Waals surface area contributed by atoms with E-state index in [1.54, 1.807) is 0 Å². The van der Waals surface area contributed by atoms with Gasteiger partial charge in [-0.1, -0.05) is 24.3 Å². The molecule has 0 bridgehead atoms. The summed E-state index contributed by atoms with van der Waals surface area (Å²) < 4.78 is 0. The van der Waals surface area contributed by atoms with Crippen LogP contribution < -0.4 is 10.2 Å². The average molecular weight is 456 g/mol. The molecule has 2 aliphatic heterocycles. The lowest BCUT2D eigenvalue weighted by Gasteiger charge is -2.32. The van der Waals surface area contributed by atoms with Gasteiger partial charge in [-0.15, -0.1) is 24.0 Å². The highest BCUT2D eigenvalue weighted by Gasteiger charge is 2.19. The Kier molecular flexibility index (Phi) is 8.02. The summed E-state index contributed by atoms with van der Waals surface area (Å²) in [4.78, 5) is 9.42. The Morgan fingerprint density at radius 1 is 1.24 bits per heavy atom. The van der Waals surface area contributed by atoms with E-state index in [0.717, 1.165) is 51.5 Å². The highest BCUT2D eigenvalue weighted by molar-refractivity contribution is 14.0. The Morgan fingerprint density at radius 2 is 1.96 bits per heavy atom. The second kappa shape index (κ2) is 10.0. The Bertz CT molecular complexity index is 589. The average Bonchev–Trinajstić information content (AvgIpc) is 3.14. The minimum Gasteiger partial charge on any atom is -0.393 e. The Hall–Kier alpha value is -1.28. The number of aliphatic imine (C=N–C) groups is 1. The number of nitrogens with zero attached hydrogens (tertiary/aromatic N) is 3. The molecule has 1 aromatic rings. The van der Waals surface area contributed by atoms with E-state index in [1.165, 1.54) is 11.3 Å². The van der Waals surface area contributed by atoms with Crippen LogP contribution >= 0.6 is 24.0 Å². The molecule has 6 heteroatoms. The van der Waals surface area contributed by atoms with Gasteiger partial charge in [0.15, 0.2) is 5.96 Å². The van der Waals surface area contributed by atoms with Gasteiger partial charge in [0.05, 0.1) is 12.6 Å². The fourth-order valence-electron chi connectivity index (χ4n) is 3.21. The van der Waals surface area contributed by atoms with Crippen LogP contribution in [0, 0.1) is 0 Å². The number of guanidine groups is 1. The lowest BCUT2D eigenvalue weighted by Crippen LogP contribution is -2.46. The number of aliphatic hydroxyl groups excluding tert-OH is 1. The van der Waals surface area contributed by atoms with Gasteiger partial charge in [-0.25, -0.2) is 4.99 Å². The minimum atomic E-state index is -0.158. The number of hydrogen-bond acceptors (Lipinski definition) is 3. The van der Waals surface area contributed by atoms with Crippen LogP contribution in [0.15, 0.2) is 41.4 Å². The third-order valence-corrected chi connectivity index (χ3v) is 4.60. The van der Waals surface area contributed by atoms with Gasteiger partial charge in [0.25, 0.3) is 0 Å². The normalized spacial score (nSPS) is 18.4. The maximum Gasteiger partial charge on any atom is 0.194 e. The predicted molar refractivity (Wildman–Crippen MR) is 115 cm³/mol. The largest absolute Gasteiger partial charge is 0.393 e. The molecule has 1 saturated heterocycles. The number of benzene rings is 1. The maximum absolute atomic E-state index is 9.68. The van der Waals surface area contributed by atoms with Crippen molar-refractivity contribution in [2.75, 3.05) is 37.6 Å². The van der Waals surface area contributed by atoms with Gasteiger partial charge in [-0.05, 0) is 37.5 Å². The van der Waals surface area contributed by atoms with Crippen LogP contribution in [-0.4, -0.2) is 54.8 Å². The van der Waals surface area contributed by atoms with Crippen molar-refractivity contribution in [3.05, 3.63) is 42.0 Å². The van der Waals surface area contributed by atoms with Crippen LogP contribution in [0.4, 0.5) is 5.69 Å². The molecule has 0 unspecified atom stereocenters. The van der Waals surface area contributed by atoms with E-state index in [9.17, 15) is 5.11 Å². The predicted octanol–water partition coefficient (Wildman–Crippen LogP) is 2.60. The summed E-state index contributed by atoms with van der Waals surface area (Å²) in [5, 5.41) is 13.1. The number of rotatable bonds is 4. The second-order valence-corrected chi connectivity index (χ2v) is 6.43. The zero-order chi connectivity index (χ0) is 16.8. The zero-order valence-electron chi connectivity index (χ0n) is 14.9. The Labute approximate surface area is 167 Å². The van der Waals surface area contributed by atoms with Crippen molar-refractivity contribution in [1.29, 1.82) is 0 Å². The SMILES string of the molecule is CCNC(=NCc1cccc(N2CC=CC2)c1)N1CCC(O)CC1.I. The van der Waals surface area contributed by atoms with Crippen molar-refractivity contribution in [1.82, 2.24) is 10.2 Å². The van der Waals surface area contributed by atoms with Gasteiger partial charge < -0.3 is 20.2 Å². The summed E-state index contributed by atoms with van der Waals surface area (Å²) in [7, 11) is 0. The Balaban J connectivity index is 0.00000225. The molecule has 1 aromatic carbocycles. The molecule has 0 saturated carbocycles. The van der Waals surface area contributed by atoms with Crippen LogP contribution in [0.5, 0.6) is 0 Å². The second-order valence-electron chi connectivity index (χ2n) is 6.43. The highest BCUT2D eigenvalue weighted by atomic mass is 127. The van der Waals surface area contributed by atoms with Gasteiger partial charge >= 0.3 is 0 Å². The number of nitrogens with one attached hydrogen (secondary N) is 1. The molecule has 0 aliphatic carbocycles. The highest BCUT2D eigenvalue weighted by Crippen LogP contribution is 2.19. The minimum absolute atomic E-state index is 0. The molecule has 0 spiro atoms. The summed E-state index contributed by atoms with van der Waals surface area (Å²) in [5.41, 5.74) is 2.49. The van der Waals surface area contributed by atoms with E-state index < -0.39 is 0 Å². The lowest BCUT2D eigenvalue weighted by molar-refractivity contribution is 0.108. The fourth-order valence-corrected chi connectivity index (χ4v) is 3.21. The van der Waals surface area contributed by atoms with E-state index in [4.69, 9.17) is 4.99 Å². The molecule has 138 valence electrons. The van der Waals surface area contributed by atoms with E-state index in [1.807, 2.05) is 0 Å². The Morgan fingerprint density at radius 3 is 2.64 bits per heavy atom. The maximum atomic E-state index is 9.68.